The van der Waals surface area contributed by atoms with Crippen LogP contribution in [0.1, 0.15) is 5.69 Å². The summed E-state index contributed by atoms with van der Waals surface area (Å²) in [6.45, 7) is 1.74. The number of anilines is 3. The molecule has 0 atom stereocenters. The molecule has 0 radical (unpaired) electrons. The Labute approximate surface area is 122 Å². The van der Waals surface area contributed by atoms with Gasteiger partial charge in [0.15, 0.2) is 5.82 Å². The first-order chi connectivity index (χ1) is 8.47. The highest BCUT2D eigenvalue weighted by Crippen LogP contribution is 2.27. The van der Waals surface area contributed by atoms with Crippen molar-refractivity contribution in [3.63, 3.8) is 0 Å². The highest BCUT2D eigenvalue weighted by atomic mass is 127. The summed E-state index contributed by atoms with van der Waals surface area (Å²) in [6.07, 6.45) is 0. The van der Waals surface area contributed by atoms with E-state index in [2.05, 4.69) is 15.3 Å². The maximum atomic E-state index is 13.0. The van der Waals surface area contributed by atoms with Crippen LogP contribution in [0, 0.1) is 16.3 Å². The molecular formula is C11H9ClFIN4. The summed E-state index contributed by atoms with van der Waals surface area (Å²) >= 11 is 7.80. The number of nitrogens with one attached hydrogen (secondary N) is 1. The highest BCUT2D eigenvalue weighted by Gasteiger charge is 2.09. The zero-order valence-corrected chi connectivity index (χ0v) is 12.3. The second-order valence-electron chi connectivity index (χ2n) is 3.59. The lowest BCUT2D eigenvalue weighted by Gasteiger charge is -2.11. The van der Waals surface area contributed by atoms with Gasteiger partial charge in [0.1, 0.15) is 5.82 Å². The van der Waals surface area contributed by atoms with Gasteiger partial charge in [0, 0.05) is 3.57 Å². The Morgan fingerprint density at radius 2 is 2.11 bits per heavy atom. The summed E-state index contributed by atoms with van der Waals surface area (Å²) in [5.41, 5.74) is 7.57. The molecule has 2 rings (SSSR count). The van der Waals surface area contributed by atoms with E-state index in [-0.39, 0.29) is 11.1 Å². The number of aryl methyl sites for hydroxylation is 1. The summed E-state index contributed by atoms with van der Waals surface area (Å²) in [5, 5.41) is 3.13. The van der Waals surface area contributed by atoms with Crippen molar-refractivity contribution in [2.24, 2.45) is 0 Å². The van der Waals surface area contributed by atoms with Crippen LogP contribution in [0.2, 0.25) is 5.28 Å². The number of nitrogens with zero attached hydrogens (tertiary/aromatic N) is 2. The zero-order valence-electron chi connectivity index (χ0n) is 9.34. The Morgan fingerprint density at radius 1 is 1.39 bits per heavy atom. The summed E-state index contributed by atoms with van der Waals surface area (Å²) in [7, 11) is 0. The third-order valence-electron chi connectivity index (χ3n) is 2.29. The number of nitrogens with two attached hydrogens (primary N) is 1. The molecule has 0 bridgehead atoms. The van der Waals surface area contributed by atoms with Crippen LogP contribution in [0.15, 0.2) is 18.2 Å². The maximum absolute atomic E-state index is 13.0. The summed E-state index contributed by atoms with van der Waals surface area (Å²) in [5.74, 6) is 0.117. The van der Waals surface area contributed by atoms with E-state index in [0.29, 0.717) is 22.9 Å². The standard InChI is InChI=1S/C11H9ClFIN4/c1-5-9(15)10(18-11(12)16-5)17-8-3-2-6(13)4-7(8)14/h2-4H,15H2,1H3,(H,16,17,18). The molecule has 94 valence electrons. The molecule has 0 aliphatic heterocycles. The van der Waals surface area contributed by atoms with Gasteiger partial charge in [-0.1, -0.05) is 0 Å². The minimum Gasteiger partial charge on any atom is -0.394 e. The van der Waals surface area contributed by atoms with Gasteiger partial charge in [-0.05, 0) is 59.3 Å². The zero-order chi connectivity index (χ0) is 13.3. The molecule has 7 heteroatoms. The molecule has 0 saturated heterocycles. The third-order valence-corrected chi connectivity index (χ3v) is 3.35. The molecule has 0 unspecified atom stereocenters. The molecule has 4 nitrogen and oxygen atoms in total. The third kappa shape index (κ3) is 2.81. The molecule has 0 saturated carbocycles. The summed E-state index contributed by atoms with van der Waals surface area (Å²) in [4.78, 5) is 7.95. The molecule has 3 N–H and O–H groups in total. The smallest absolute Gasteiger partial charge is 0.224 e. The Kier molecular flexibility index (Phi) is 3.86. The average Bonchev–Trinajstić information content (AvgIpc) is 2.29. The minimum absolute atomic E-state index is 0.112. The van der Waals surface area contributed by atoms with E-state index in [1.807, 2.05) is 22.6 Å². The fraction of sp³-hybridized carbons (Fsp3) is 0.0909. The number of hydrogen-bond acceptors (Lipinski definition) is 4. The molecular weight excluding hydrogens is 370 g/mol. The largest absolute Gasteiger partial charge is 0.394 e. The van der Waals surface area contributed by atoms with Gasteiger partial charge in [-0.2, -0.15) is 4.98 Å². The van der Waals surface area contributed by atoms with Crippen molar-refractivity contribution in [2.75, 3.05) is 11.1 Å². The Morgan fingerprint density at radius 3 is 2.78 bits per heavy atom. The fourth-order valence-corrected chi connectivity index (χ4v) is 2.18. The van der Waals surface area contributed by atoms with Crippen LogP contribution >= 0.6 is 34.2 Å². The summed E-state index contributed by atoms with van der Waals surface area (Å²) < 4.78 is 13.7. The number of benzene rings is 1. The second-order valence-corrected chi connectivity index (χ2v) is 5.09. The van der Waals surface area contributed by atoms with Crippen molar-refractivity contribution >= 4 is 51.4 Å². The Balaban J connectivity index is 2.40. The predicted molar refractivity (Wildman–Crippen MR) is 78.6 cm³/mol. The molecule has 1 aromatic heterocycles. The van der Waals surface area contributed by atoms with Gasteiger partial charge >= 0.3 is 0 Å². The molecule has 1 aromatic carbocycles. The monoisotopic (exact) mass is 378 g/mol. The predicted octanol–water partition coefficient (Wildman–Crippen LogP) is 3.51. The summed E-state index contributed by atoms with van der Waals surface area (Å²) in [6, 6.07) is 4.38. The molecule has 0 aliphatic carbocycles. The number of rotatable bonds is 2. The van der Waals surface area contributed by atoms with E-state index in [1.54, 1.807) is 13.0 Å². The van der Waals surface area contributed by atoms with Gasteiger partial charge in [-0.15, -0.1) is 0 Å². The van der Waals surface area contributed by atoms with Crippen molar-refractivity contribution in [3.05, 3.63) is 38.6 Å². The Bertz CT molecular complexity index is 606. The molecule has 1 heterocycles. The van der Waals surface area contributed by atoms with Gasteiger partial charge in [-0.25, -0.2) is 9.37 Å². The van der Waals surface area contributed by atoms with Crippen LogP contribution in [0.3, 0.4) is 0 Å². The number of nitrogen functional groups attached to an aromatic ring is 1. The Hall–Kier alpha value is -1.15. The lowest BCUT2D eigenvalue weighted by Crippen LogP contribution is -2.04. The quantitative estimate of drug-likeness (QED) is 0.620. The van der Waals surface area contributed by atoms with Gasteiger partial charge in [0.25, 0.3) is 0 Å². The molecule has 18 heavy (non-hydrogen) atoms. The van der Waals surface area contributed by atoms with E-state index in [0.717, 1.165) is 3.57 Å². The van der Waals surface area contributed by atoms with E-state index < -0.39 is 0 Å². The second kappa shape index (κ2) is 5.23. The van der Waals surface area contributed by atoms with E-state index in [9.17, 15) is 4.39 Å². The number of hydrogen-bond donors (Lipinski definition) is 2. The van der Waals surface area contributed by atoms with Gasteiger partial charge in [-0.3, -0.25) is 0 Å². The maximum Gasteiger partial charge on any atom is 0.224 e. The number of halogens is 3. The molecule has 0 fully saturated rings. The topological polar surface area (TPSA) is 63.8 Å². The van der Waals surface area contributed by atoms with Crippen molar-refractivity contribution in [2.45, 2.75) is 6.92 Å². The number of aromatic nitrogens is 2. The lowest BCUT2D eigenvalue weighted by atomic mass is 10.3. The SMILES string of the molecule is Cc1nc(Cl)nc(Nc2ccc(F)cc2I)c1N. The van der Waals surface area contributed by atoms with Crippen molar-refractivity contribution in [1.82, 2.24) is 9.97 Å². The van der Waals surface area contributed by atoms with Gasteiger partial charge < -0.3 is 11.1 Å². The van der Waals surface area contributed by atoms with E-state index >= 15 is 0 Å². The van der Waals surface area contributed by atoms with Crippen LogP contribution in [-0.4, -0.2) is 9.97 Å². The normalized spacial score (nSPS) is 10.4. The molecule has 0 amide bonds. The lowest BCUT2D eigenvalue weighted by molar-refractivity contribution is 0.627. The first kappa shape index (κ1) is 13.3. The molecule has 0 spiro atoms. The first-order valence-electron chi connectivity index (χ1n) is 4.99. The average molecular weight is 379 g/mol. The van der Waals surface area contributed by atoms with Crippen molar-refractivity contribution < 1.29 is 4.39 Å². The van der Waals surface area contributed by atoms with E-state index in [1.165, 1.54) is 12.1 Å². The van der Waals surface area contributed by atoms with E-state index in [4.69, 9.17) is 17.3 Å². The fourth-order valence-electron chi connectivity index (χ4n) is 1.36. The molecule has 2 aromatic rings. The van der Waals surface area contributed by atoms with Crippen molar-refractivity contribution in [1.29, 1.82) is 0 Å². The van der Waals surface area contributed by atoms with Crippen LogP contribution in [0.5, 0.6) is 0 Å². The first-order valence-corrected chi connectivity index (χ1v) is 6.44. The van der Waals surface area contributed by atoms with Crippen molar-refractivity contribution in [3.8, 4) is 0 Å². The minimum atomic E-state index is -0.296. The van der Waals surface area contributed by atoms with Gasteiger partial charge in [0.2, 0.25) is 5.28 Å². The molecule has 0 aliphatic rings. The van der Waals surface area contributed by atoms with Gasteiger partial charge in [0.05, 0.1) is 17.1 Å². The van der Waals surface area contributed by atoms with Crippen LogP contribution in [0.25, 0.3) is 0 Å². The van der Waals surface area contributed by atoms with Crippen LogP contribution in [0.4, 0.5) is 21.6 Å². The highest BCUT2D eigenvalue weighted by molar-refractivity contribution is 14.1. The van der Waals surface area contributed by atoms with Crippen LogP contribution < -0.4 is 11.1 Å². The van der Waals surface area contributed by atoms with Crippen LogP contribution in [-0.2, 0) is 0 Å².